The van der Waals surface area contributed by atoms with Gasteiger partial charge in [-0.2, -0.15) is 0 Å². The second-order valence-electron chi connectivity index (χ2n) is 2.63. The third kappa shape index (κ3) is 3.45. The van der Waals surface area contributed by atoms with Crippen molar-refractivity contribution < 1.29 is 19.8 Å². The van der Waals surface area contributed by atoms with Crippen LogP contribution in [0.1, 0.15) is 10.4 Å². The molecule has 15 heavy (non-hydrogen) atoms. The molecule has 0 aliphatic rings. The topological polar surface area (TPSA) is 74.6 Å². The second-order valence-corrected chi connectivity index (χ2v) is 4.09. The van der Waals surface area contributed by atoms with Crippen molar-refractivity contribution in [3.8, 4) is 0 Å². The molecule has 0 spiro atoms. The zero-order valence-corrected chi connectivity index (χ0v) is 9.01. The summed E-state index contributed by atoms with van der Waals surface area (Å²) < 4.78 is 0. The van der Waals surface area contributed by atoms with Gasteiger partial charge in [0.2, 0.25) is 0 Å². The predicted octanol–water partition coefficient (Wildman–Crippen LogP) is 2.21. The molecule has 0 amide bonds. The summed E-state index contributed by atoms with van der Waals surface area (Å²) in [7, 11) is 0. The van der Waals surface area contributed by atoms with E-state index in [0.29, 0.717) is 4.90 Å². The summed E-state index contributed by atoms with van der Waals surface area (Å²) in [5, 5.41) is 17.3. The molecule has 2 N–H and O–H groups in total. The van der Waals surface area contributed by atoms with E-state index in [1.165, 1.54) is 12.1 Å². The smallest absolute Gasteiger partial charge is 0.337 e. The molecular formula is C9H7ClO4S. The number of carboxylic acid groups (broad SMARTS) is 2. The Kier molecular flexibility index (Phi) is 3.99. The molecule has 1 rings (SSSR count). The summed E-state index contributed by atoms with van der Waals surface area (Å²) in [5.74, 6) is -2.19. The van der Waals surface area contributed by atoms with Crippen LogP contribution in [0.4, 0.5) is 0 Å². The predicted molar refractivity (Wildman–Crippen MR) is 56.8 cm³/mol. The lowest BCUT2D eigenvalue weighted by atomic mass is 10.2. The SMILES string of the molecule is O=C(O)CSc1ccc(Cl)c(C(=O)O)c1. The van der Waals surface area contributed by atoms with E-state index >= 15 is 0 Å². The molecule has 4 nitrogen and oxygen atoms in total. The third-order valence-electron chi connectivity index (χ3n) is 1.53. The maximum Gasteiger partial charge on any atom is 0.337 e. The molecular weight excluding hydrogens is 240 g/mol. The molecule has 0 fully saturated rings. The van der Waals surface area contributed by atoms with Gasteiger partial charge >= 0.3 is 11.9 Å². The number of halogens is 1. The summed E-state index contributed by atoms with van der Waals surface area (Å²) in [6, 6.07) is 4.38. The number of aliphatic carboxylic acids is 1. The van der Waals surface area contributed by atoms with Gasteiger partial charge in [-0.3, -0.25) is 4.79 Å². The van der Waals surface area contributed by atoms with Gasteiger partial charge in [0.25, 0.3) is 0 Å². The first kappa shape index (κ1) is 11.9. The number of carboxylic acids is 2. The van der Waals surface area contributed by atoms with Gasteiger partial charge in [-0.05, 0) is 18.2 Å². The Balaban J connectivity index is 2.87. The fourth-order valence-electron chi connectivity index (χ4n) is 0.903. The minimum Gasteiger partial charge on any atom is -0.481 e. The van der Waals surface area contributed by atoms with Crippen molar-refractivity contribution in [2.45, 2.75) is 4.90 Å². The Hall–Kier alpha value is -1.20. The first-order valence-electron chi connectivity index (χ1n) is 3.88. The van der Waals surface area contributed by atoms with Crippen molar-refractivity contribution in [3.05, 3.63) is 28.8 Å². The van der Waals surface area contributed by atoms with E-state index in [-0.39, 0.29) is 16.3 Å². The van der Waals surface area contributed by atoms with Crippen molar-refractivity contribution in [2.24, 2.45) is 0 Å². The van der Waals surface area contributed by atoms with E-state index in [9.17, 15) is 9.59 Å². The maximum absolute atomic E-state index is 10.7. The van der Waals surface area contributed by atoms with Crippen molar-refractivity contribution in [2.75, 3.05) is 5.75 Å². The lowest BCUT2D eigenvalue weighted by Crippen LogP contribution is -2.00. The van der Waals surface area contributed by atoms with Crippen molar-refractivity contribution >= 4 is 35.3 Å². The zero-order valence-electron chi connectivity index (χ0n) is 7.44. The summed E-state index contributed by atoms with van der Waals surface area (Å²) in [5.41, 5.74) is -0.0212. The van der Waals surface area contributed by atoms with Crippen LogP contribution in [0.25, 0.3) is 0 Å². The van der Waals surface area contributed by atoms with Gasteiger partial charge in [-0.15, -0.1) is 11.8 Å². The number of thioether (sulfide) groups is 1. The molecule has 0 aliphatic heterocycles. The van der Waals surface area contributed by atoms with Gasteiger partial charge in [0, 0.05) is 4.90 Å². The molecule has 1 aromatic rings. The van der Waals surface area contributed by atoms with Crippen LogP contribution in [-0.2, 0) is 4.79 Å². The fourth-order valence-corrected chi connectivity index (χ4v) is 1.76. The standard InChI is InChI=1S/C9H7ClO4S/c10-7-2-1-5(15-4-8(11)12)3-6(7)9(13)14/h1-3H,4H2,(H,11,12)(H,13,14). The Morgan fingerprint density at radius 3 is 2.53 bits per heavy atom. The van der Waals surface area contributed by atoms with E-state index < -0.39 is 11.9 Å². The molecule has 1 aromatic carbocycles. The lowest BCUT2D eigenvalue weighted by Gasteiger charge is -2.02. The highest BCUT2D eigenvalue weighted by Gasteiger charge is 2.10. The van der Waals surface area contributed by atoms with Crippen LogP contribution in [0.2, 0.25) is 5.02 Å². The van der Waals surface area contributed by atoms with Crippen LogP contribution in [0.5, 0.6) is 0 Å². The molecule has 0 atom stereocenters. The molecule has 80 valence electrons. The highest BCUT2D eigenvalue weighted by molar-refractivity contribution is 8.00. The quantitative estimate of drug-likeness (QED) is 0.797. The summed E-state index contributed by atoms with van der Waals surface area (Å²) in [6.45, 7) is 0. The Morgan fingerprint density at radius 2 is 2.00 bits per heavy atom. The molecule has 0 unspecified atom stereocenters. The summed E-state index contributed by atoms with van der Waals surface area (Å²) in [4.78, 5) is 21.6. The van der Waals surface area contributed by atoms with E-state index in [1.807, 2.05) is 0 Å². The van der Waals surface area contributed by atoms with Gasteiger partial charge in [0.1, 0.15) is 0 Å². The van der Waals surface area contributed by atoms with E-state index in [1.54, 1.807) is 6.07 Å². The monoisotopic (exact) mass is 246 g/mol. The first-order valence-corrected chi connectivity index (χ1v) is 5.24. The summed E-state index contributed by atoms with van der Waals surface area (Å²) >= 11 is 6.69. The zero-order chi connectivity index (χ0) is 11.4. The highest BCUT2D eigenvalue weighted by atomic mass is 35.5. The van der Waals surface area contributed by atoms with Crippen LogP contribution in [0, 0.1) is 0 Å². The van der Waals surface area contributed by atoms with Gasteiger partial charge < -0.3 is 10.2 Å². The molecule has 0 bridgehead atoms. The fraction of sp³-hybridized carbons (Fsp3) is 0.111. The average molecular weight is 247 g/mol. The Morgan fingerprint density at radius 1 is 1.33 bits per heavy atom. The number of rotatable bonds is 4. The van der Waals surface area contributed by atoms with Crippen LogP contribution in [-0.4, -0.2) is 27.9 Å². The molecule has 0 aliphatic carbocycles. The normalized spacial score (nSPS) is 9.93. The van der Waals surface area contributed by atoms with Gasteiger partial charge in [-0.1, -0.05) is 11.6 Å². The van der Waals surface area contributed by atoms with Crippen LogP contribution < -0.4 is 0 Å². The van der Waals surface area contributed by atoms with Gasteiger partial charge in [0.05, 0.1) is 16.3 Å². The maximum atomic E-state index is 10.7. The molecule has 0 saturated heterocycles. The number of benzene rings is 1. The van der Waals surface area contributed by atoms with Crippen molar-refractivity contribution in [1.29, 1.82) is 0 Å². The van der Waals surface area contributed by atoms with E-state index in [4.69, 9.17) is 21.8 Å². The molecule has 0 aromatic heterocycles. The van der Waals surface area contributed by atoms with Gasteiger partial charge in [-0.25, -0.2) is 4.79 Å². The molecule has 0 saturated carbocycles. The second kappa shape index (κ2) is 5.04. The van der Waals surface area contributed by atoms with Crippen LogP contribution in [0.3, 0.4) is 0 Å². The largest absolute Gasteiger partial charge is 0.481 e. The van der Waals surface area contributed by atoms with Crippen molar-refractivity contribution in [3.63, 3.8) is 0 Å². The van der Waals surface area contributed by atoms with Crippen molar-refractivity contribution in [1.82, 2.24) is 0 Å². The molecule has 0 radical (unpaired) electrons. The first-order chi connectivity index (χ1) is 7.00. The molecule has 0 heterocycles. The Labute approximate surface area is 94.9 Å². The van der Waals surface area contributed by atoms with E-state index in [2.05, 4.69) is 0 Å². The lowest BCUT2D eigenvalue weighted by molar-refractivity contribution is -0.133. The number of hydrogen-bond donors (Lipinski definition) is 2. The van der Waals surface area contributed by atoms with Crippen LogP contribution in [0.15, 0.2) is 23.1 Å². The molecule has 6 heteroatoms. The van der Waals surface area contributed by atoms with E-state index in [0.717, 1.165) is 11.8 Å². The Bertz CT molecular complexity index is 405. The van der Waals surface area contributed by atoms with Crippen LogP contribution >= 0.6 is 23.4 Å². The third-order valence-corrected chi connectivity index (χ3v) is 2.84. The number of hydrogen-bond acceptors (Lipinski definition) is 3. The summed E-state index contributed by atoms with van der Waals surface area (Å²) in [6.07, 6.45) is 0. The highest BCUT2D eigenvalue weighted by Crippen LogP contribution is 2.24. The average Bonchev–Trinajstić information content (AvgIpc) is 2.16. The minimum absolute atomic E-state index is 0.0212. The minimum atomic E-state index is -1.13. The van der Waals surface area contributed by atoms with Gasteiger partial charge in [0.15, 0.2) is 0 Å². The number of aromatic carboxylic acids is 1. The number of carbonyl (C=O) groups is 2.